The summed E-state index contributed by atoms with van der Waals surface area (Å²) in [6.45, 7) is 0.980. The quantitative estimate of drug-likeness (QED) is 0.631. The van der Waals surface area contributed by atoms with Gasteiger partial charge in [0.1, 0.15) is 12.5 Å². The number of halogens is 1. The predicted molar refractivity (Wildman–Crippen MR) is 95.8 cm³/mol. The molecule has 5 nitrogen and oxygen atoms in total. The smallest absolute Gasteiger partial charge is 0.388 e. The van der Waals surface area contributed by atoms with Crippen LogP contribution in [0, 0.1) is 5.82 Å². The third kappa shape index (κ3) is 4.37. The van der Waals surface area contributed by atoms with Crippen LogP contribution < -0.4 is 5.76 Å². The second kappa shape index (κ2) is 7.67. The highest BCUT2D eigenvalue weighted by Gasteiger charge is 2.12. The first kappa shape index (κ1) is 17.4. The molecule has 0 radical (unpaired) electrons. The molecule has 0 bridgehead atoms. The number of hydrogen-bond donors (Lipinski definition) is 0. The average molecular weight is 359 g/mol. The predicted octanol–water partition coefficient (Wildman–Crippen LogP) is 3.45. The summed E-state index contributed by atoms with van der Waals surface area (Å²) in [4.78, 5) is 15.2. The lowest BCUT2D eigenvalue weighted by molar-refractivity contribution is 0.237. The fourth-order valence-electron chi connectivity index (χ4n) is 2.43. The van der Waals surface area contributed by atoms with Crippen LogP contribution in [0.1, 0.15) is 5.56 Å². The highest BCUT2D eigenvalue weighted by atomic mass is 32.2. The van der Waals surface area contributed by atoms with Crippen molar-refractivity contribution in [1.82, 2.24) is 14.7 Å². The Morgan fingerprint density at radius 3 is 2.48 bits per heavy atom. The summed E-state index contributed by atoms with van der Waals surface area (Å²) in [5, 5.41) is 4.19. The van der Waals surface area contributed by atoms with E-state index in [1.54, 1.807) is 11.8 Å². The molecule has 0 saturated carbocycles. The Balaban J connectivity index is 1.69. The van der Waals surface area contributed by atoms with E-state index in [4.69, 9.17) is 4.42 Å². The summed E-state index contributed by atoms with van der Waals surface area (Å²) in [5.41, 5.74) is 1.71. The molecule has 0 unspecified atom stereocenters. The Labute approximate surface area is 149 Å². The molecular formula is C18H18FN3O2S. The standard InChI is InChI=1S/C18H18FN3O2S/c1-21(11-13-3-9-16(25-2)10-4-13)12-22-18(23)24-17(20-22)14-5-7-15(19)8-6-14/h3-10H,11-12H2,1-2H3. The minimum absolute atomic E-state index is 0.183. The number of benzene rings is 2. The lowest BCUT2D eigenvalue weighted by atomic mass is 10.2. The van der Waals surface area contributed by atoms with E-state index in [0.29, 0.717) is 18.8 Å². The fourth-order valence-corrected chi connectivity index (χ4v) is 2.83. The third-order valence-corrected chi connectivity index (χ3v) is 4.43. The van der Waals surface area contributed by atoms with Crippen molar-refractivity contribution in [2.24, 2.45) is 0 Å². The molecule has 0 aliphatic rings. The lowest BCUT2D eigenvalue weighted by Gasteiger charge is -2.15. The Kier molecular flexibility index (Phi) is 5.35. The van der Waals surface area contributed by atoms with Crippen molar-refractivity contribution in [2.75, 3.05) is 13.3 Å². The lowest BCUT2D eigenvalue weighted by Crippen LogP contribution is -2.28. The van der Waals surface area contributed by atoms with Gasteiger partial charge < -0.3 is 4.42 Å². The summed E-state index contributed by atoms with van der Waals surface area (Å²) in [6, 6.07) is 13.9. The monoisotopic (exact) mass is 359 g/mol. The van der Waals surface area contributed by atoms with Crippen molar-refractivity contribution in [3.8, 4) is 11.5 Å². The van der Waals surface area contributed by atoms with Gasteiger partial charge in [-0.15, -0.1) is 16.9 Å². The Hall–Kier alpha value is -2.38. The topological polar surface area (TPSA) is 51.3 Å². The number of thioether (sulfide) groups is 1. The zero-order valence-corrected chi connectivity index (χ0v) is 14.8. The van der Waals surface area contributed by atoms with E-state index in [0.717, 1.165) is 5.56 Å². The van der Waals surface area contributed by atoms with Gasteiger partial charge in [0.05, 0.1) is 0 Å². The molecule has 0 aliphatic carbocycles. The molecule has 2 aromatic carbocycles. The second-order valence-electron chi connectivity index (χ2n) is 5.68. The van der Waals surface area contributed by atoms with Crippen LogP contribution in [0.3, 0.4) is 0 Å². The summed E-state index contributed by atoms with van der Waals surface area (Å²) in [6.07, 6.45) is 2.04. The highest BCUT2D eigenvalue weighted by molar-refractivity contribution is 7.98. The van der Waals surface area contributed by atoms with Crippen molar-refractivity contribution in [1.29, 1.82) is 0 Å². The second-order valence-corrected chi connectivity index (χ2v) is 6.56. The van der Waals surface area contributed by atoms with Crippen LogP contribution in [-0.4, -0.2) is 28.0 Å². The van der Waals surface area contributed by atoms with E-state index >= 15 is 0 Å². The number of nitrogens with zero attached hydrogens (tertiary/aromatic N) is 3. The summed E-state index contributed by atoms with van der Waals surface area (Å²) in [7, 11) is 1.90. The molecule has 1 aromatic heterocycles. The van der Waals surface area contributed by atoms with Crippen LogP contribution >= 0.6 is 11.8 Å². The minimum Gasteiger partial charge on any atom is -0.388 e. The van der Waals surface area contributed by atoms with Crippen molar-refractivity contribution < 1.29 is 8.81 Å². The molecule has 0 aliphatic heterocycles. The van der Waals surface area contributed by atoms with Crippen molar-refractivity contribution in [3.05, 3.63) is 70.5 Å². The molecule has 3 rings (SSSR count). The van der Waals surface area contributed by atoms with Crippen LogP contribution in [-0.2, 0) is 13.2 Å². The van der Waals surface area contributed by atoms with E-state index in [-0.39, 0.29) is 11.7 Å². The van der Waals surface area contributed by atoms with Crippen LogP contribution in [0.4, 0.5) is 4.39 Å². The van der Waals surface area contributed by atoms with Gasteiger partial charge in [-0.3, -0.25) is 4.90 Å². The zero-order valence-electron chi connectivity index (χ0n) is 14.0. The zero-order chi connectivity index (χ0) is 17.8. The summed E-state index contributed by atoms with van der Waals surface area (Å²) < 4.78 is 19.4. The van der Waals surface area contributed by atoms with E-state index < -0.39 is 5.76 Å². The first-order chi connectivity index (χ1) is 12.0. The Bertz CT molecular complexity index is 888. The molecule has 0 saturated heterocycles. The summed E-state index contributed by atoms with van der Waals surface area (Å²) in [5.74, 6) is -0.704. The SMILES string of the molecule is CSc1ccc(CN(C)Cn2nc(-c3ccc(F)cc3)oc2=O)cc1. The maximum atomic E-state index is 13.0. The van der Waals surface area contributed by atoms with Gasteiger partial charge in [-0.25, -0.2) is 9.18 Å². The van der Waals surface area contributed by atoms with Crippen LogP contribution in [0.25, 0.3) is 11.5 Å². The average Bonchev–Trinajstić information content (AvgIpc) is 2.96. The van der Waals surface area contributed by atoms with E-state index in [2.05, 4.69) is 29.4 Å². The molecule has 130 valence electrons. The maximum Gasteiger partial charge on any atom is 0.438 e. The van der Waals surface area contributed by atoms with Crippen LogP contribution in [0.5, 0.6) is 0 Å². The van der Waals surface area contributed by atoms with Gasteiger partial charge in [-0.1, -0.05) is 12.1 Å². The molecule has 0 fully saturated rings. The Morgan fingerprint density at radius 2 is 1.84 bits per heavy atom. The third-order valence-electron chi connectivity index (χ3n) is 3.68. The van der Waals surface area contributed by atoms with Crippen molar-refractivity contribution >= 4 is 11.8 Å². The first-order valence-corrected chi connectivity index (χ1v) is 8.93. The number of rotatable bonds is 6. The summed E-state index contributed by atoms with van der Waals surface area (Å²) >= 11 is 1.70. The highest BCUT2D eigenvalue weighted by Crippen LogP contribution is 2.17. The first-order valence-electron chi connectivity index (χ1n) is 7.70. The van der Waals surface area contributed by atoms with Gasteiger partial charge in [0.25, 0.3) is 0 Å². The molecule has 1 heterocycles. The maximum absolute atomic E-state index is 13.0. The number of aromatic nitrogens is 2. The normalized spacial score (nSPS) is 11.2. The molecule has 0 spiro atoms. The molecule has 0 atom stereocenters. The van der Waals surface area contributed by atoms with Crippen LogP contribution in [0.15, 0.2) is 62.6 Å². The van der Waals surface area contributed by atoms with E-state index in [1.807, 2.05) is 18.2 Å². The van der Waals surface area contributed by atoms with Gasteiger partial charge in [0.15, 0.2) is 0 Å². The van der Waals surface area contributed by atoms with Crippen molar-refractivity contribution in [2.45, 2.75) is 18.1 Å². The molecule has 3 aromatic rings. The molecule has 0 N–H and O–H groups in total. The molecular weight excluding hydrogens is 341 g/mol. The largest absolute Gasteiger partial charge is 0.438 e. The fraction of sp³-hybridized carbons (Fsp3) is 0.222. The van der Waals surface area contributed by atoms with Gasteiger partial charge >= 0.3 is 5.76 Å². The van der Waals surface area contributed by atoms with Gasteiger partial charge in [-0.05, 0) is 55.3 Å². The molecule has 25 heavy (non-hydrogen) atoms. The molecule has 0 amide bonds. The van der Waals surface area contributed by atoms with Gasteiger partial charge in [0.2, 0.25) is 5.89 Å². The molecule has 7 heteroatoms. The van der Waals surface area contributed by atoms with Crippen molar-refractivity contribution in [3.63, 3.8) is 0 Å². The van der Waals surface area contributed by atoms with E-state index in [9.17, 15) is 9.18 Å². The Morgan fingerprint density at radius 1 is 1.16 bits per heavy atom. The van der Waals surface area contributed by atoms with Crippen LogP contribution in [0.2, 0.25) is 0 Å². The minimum atomic E-state index is -0.538. The van der Waals surface area contributed by atoms with E-state index in [1.165, 1.54) is 33.8 Å². The number of hydrogen-bond acceptors (Lipinski definition) is 5. The van der Waals surface area contributed by atoms with Gasteiger partial charge in [-0.2, -0.15) is 4.68 Å². The van der Waals surface area contributed by atoms with Gasteiger partial charge in [0, 0.05) is 17.0 Å².